The van der Waals surface area contributed by atoms with Crippen LogP contribution in [-0.4, -0.2) is 111 Å². The first-order valence-electron chi connectivity index (χ1n) is 18.7. The molecule has 4 heterocycles. The molecule has 1 saturated heterocycles. The van der Waals surface area contributed by atoms with Gasteiger partial charge in [-0.1, -0.05) is 62.4 Å². The SMILES string of the molecule is Cc1cccn2c(CC(=O)N3C[C@H]4NC(=O)[C@H](Cc5ccccc5)NC(=O)CN(CCC(C)C)C(=O)[C@H](CO)NC(=O)COc5cccc(c5)[C@@H]4C3)cnc12. The Labute approximate surface area is 320 Å². The fourth-order valence-corrected chi connectivity index (χ4v) is 7.15. The van der Waals surface area contributed by atoms with Crippen LogP contribution in [-0.2, 0) is 36.8 Å². The number of nitrogens with zero attached hydrogens (tertiary/aromatic N) is 4. The number of nitrogens with one attached hydrogen (secondary N) is 3. The van der Waals surface area contributed by atoms with Crippen LogP contribution in [0.1, 0.15) is 48.6 Å². The molecule has 5 amide bonds. The number of carbonyl (C=O) groups excluding carboxylic acids is 5. The summed E-state index contributed by atoms with van der Waals surface area (Å²) < 4.78 is 7.75. The first-order chi connectivity index (χ1) is 26.5. The van der Waals surface area contributed by atoms with Gasteiger partial charge in [0.2, 0.25) is 23.6 Å². The number of rotatable bonds is 8. The van der Waals surface area contributed by atoms with Crippen LogP contribution in [0.25, 0.3) is 5.65 Å². The lowest BCUT2D eigenvalue weighted by molar-refractivity contribution is -0.141. The van der Waals surface area contributed by atoms with Crippen LogP contribution in [0.15, 0.2) is 79.1 Å². The number of hydrogen-bond donors (Lipinski definition) is 4. The number of benzene rings is 2. The number of hydrogen-bond acceptors (Lipinski definition) is 8. The van der Waals surface area contributed by atoms with E-state index in [2.05, 4.69) is 20.9 Å². The Balaban J connectivity index is 1.31. The zero-order valence-electron chi connectivity index (χ0n) is 31.4. The molecule has 2 aliphatic rings. The van der Waals surface area contributed by atoms with Crippen LogP contribution in [0.3, 0.4) is 0 Å². The van der Waals surface area contributed by atoms with Crippen molar-refractivity contribution in [2.45, 2.75) is 64.1 Å². The van der Waals surface area contributed by atoms with Gasteiger partial charge in [-0.25, -0.2) is 4.98 Å². The summed E-state index contributed by atoms with van der Waals surface area (Å²) >= 11 is 0. The highest BCUT2D eigenvalue weighted by Crippen LogP contribution is 2.31. The Morgan fingerprint density at radius 1 is 0.945 bits per heavy atom. The van der Waals surface area contributed by atoms with Gasteiger partial charge in [-0.15, -0.1) is 0 Å². The number of carbonyl (C=O) groups is 5. The second-order valence-electron chi connectivity index (χ2n) is 14.7. The van der Waals surface area contributed by atoms with Crippen molar-refractivity contribution in [2.75, 3.05) is 39.4 Å². The number of fused-ring (bicyclic) bond motifs is 5. The van der Waals surface area contributed by atoms with Gasteiger partial charge in [0, 0.05) is 44.4 Å². The van der Waals surface area contributed by atoms with Gasteiger partial charge in [0.15, 0.2) is 6.61 Å². The minimum atomic E-state index is -1.31. The molecule has 14 nitrogen and oxygen atoms in total. The van der Waals surface area contributed by atoms with Gasteiger partial charge in [0.1, 0.15) is 23.5 Å². The lowest BCUT2D eigenvalue weighted by Gasteiger charge is -2.29. The molecule has 290 valence electrons. The molecule has 2 aromatic heterocycles. The summed E-state index contributed by atoms with van der Waals surface area (Å²) in [5.74, 6) is -2.18. The number of imidazole rings is 1. The molecule has 1 fully saturated rings. The van der Waals surface area contributed by atoms with Crippen LogP contribution in [0.4, 0.5) is 0 Å². The monoisotopic (exact) mass is 751 g/mol. The quantitative estimate of drug-likeness (QED) is 0.211. The number of pyridine rings is 1. The topological polar surface area (TPSA) is 175 Å². The number of aliphatic hydroxyl groups excluding tert-OH is 1. The highest BCUT2D eigenvalue weighted by Gasteiger charge is 2.39. The van der Waals surface area contributed by atoms with Gasteiger partial charge in [0.25, 0.3) is 5.91 Å². The Bertz CT molecular complexity index is 2020. The summed E-state index contributed by atoms with van der Waals surface area (Å²) in [5, 5.41) is 18.7. The van der Waals surface area contributed by atoms with Crippen LogP contribution >= 0.6 is 0 Å². The number of amides is 5. The lowest BCUT2D eigenvalue weighted by atomic mass is 9.93. The standard InChI is InChI=1S/C41H49N7O7/c1-26(2)14-16-46-23-36(50)43-33(17-28-10-5-4-6-11-28)40(53)45-34-22-47(38(52)19-30-20-42-39-27(3)9-8-15-48(30)39)21-32(34)29-12-7-13-31(18-29)55-25-37(51)44-35(24-49)41(46)54/h4-13,15,18,20,26,32-35,49H,14,16-17,19,21-25H2,1-3H3,(H,43,50)(H,44,51)(H,45,53)/t32-,33-,34+,35-/m0/s1. The molecule has 0 unspecified atom stereocenters. The number of aromatic nitrogens is 2. The minimum Gasteiger partial charge on any atom is -0.484 e. The van der Waals surface area contributed by atoms with E-state index in [9.17, 15) is 29.1 Å². The van der Waals surface area contributed by atoms with E-state index in [4.69, 9.17) is 4.74 Å². The van der Waals surface area contributed by atoms with E-state index < -0.39 is 61.5 Å². The van der Waals surface area contributed by atoms with Gasteiger partial charge in [-0.3, -0.25) is 24.0 Å². The van der Waals surface area contributed by atoms with Gasteiger partial charge < -0.3 is 40.0 Å². The van der Waals surface area contributed by atoms with E-state index in [0.717, 1.165) is 28.0 Å². The molecule has 2 aliphatic heterocycles. The Hall–Kier alpha value is -5.76. The highest BCUT2D eigenvalue weighted by molar-refractivity contribution is 5.93. The molecular formula is C41H49N7O7. The summed E-state index contributed by atoms with van der Waals surface area (Å²) in [6.45, 7) is 5.11. The van der Waals surface area contributed by atoms with Crippen molar-refractivity contribution in [2.24, 2.45) is 5.92 Å². The summed E-state index contributed by atoms with van der Waals surface area (Å²) in [4.78, 5) is 76.2. The highest BCUT2D eigenvalue weighted by atomic mass is 16.5. The molecule has 6 rings (SSSR count). The van der Waals surface area contributed by atoms with Crippen molar-refractivity contribution in [1.29, 1.82) is 0 Å². The molecule has 4 atom stereocenters. The van der Waals surface area contributed by atoms with Crippen molar-refractivity contribution >= 4 is 35.2 Å². The van der Waals surface area contributed by atoms with Crippen molar-refractivity contribution in [1.82, 2.24) is 35.1 Å². The second-order valence-corrected chi connectivity index (χ2v) is 14.7. The fourth-order valence-electron chi connectivity index (χ4n) is 7.15. The third kappa shape index (κ3) is 9.68. The van der Waals surface area contributed by atoms with Gasteiger partial charge >= 0.3 is 0 Å². The molecule has 0 radical (unpaired) electrons. The second kappa shape index (κ2) is 17.6. The fraction of sp³-hybridized carbons (Fsp3) is 0.415. The zero-order valence-corrected chi connectivity index (χ0v) is 31.4. The van der Waals surface area contributed by atoms with Gasteiger partial charge in [-0.05, 0) is 54.2 Å². The molecule has 14 heteroatoms. The normalized spacial score (nSPS) is 21.3. The van der Waals surface area contributed by atoms with Gasteiger partial charge in [0.05, 0.1) is 31.3 Å². The summed E-state index contributed by atoms with van der Waals surface area (Å²) in [6, 6.07) is 17.4. The predicted octanol–water partition coefficient (Wildman–Crippen LogP) is 1.77. The average Bonchev–Trinajstić information content (AvgIpc) is 3.79. The van der Waals surface area contributed by atoms with Crippen LogP contribution < -0.4 is 20.7 Å². The first kappa shape index (κ1) is 38.9. The maximum atomic E-state index is 14.3. The minimum absolute atomic E-state index is 0.101. The maximum Gasteiger partial charge on any atom is 0.258 e. The number of likely N-dealkylation sites (tertiary alicyclic amines) is 1. The predicted molar refractivity (Wildman–Crippen MR) is 204 cm³/mol. The zero-order chi connectivity index (χ0) is 39.1. The number of ether oxygens (including phenoxy) is 1. The van der Waals surface area contributed by atoms with E-state index >= 15 is 0 Å². The van der Waals surface area contributed by atoms with Crippen LogP contribution in [0.2, 0.25) is 0 Å². The molecule has 0 spiro atoms. The molecule has 2 aromatic carbocycles. The number of aliphatic hydroxyl groups is 1. The largest absolute Gasteiger partial charge is 0.484 e. The van der Waals surface area contributed by atoms with Gasteiger partial charge in [-0.2, -0.15) is 0 Å². The smallest absolute Gasteiger partial charge is 0.258 e. The first-order valence-corrected chi connectivity index (χ1v) is 18.7. The van der Waals surface area contributed by atoms with E-state index in [0.29, 0.717) is 18.7 Å². The van der Waals surface area contributed by atoms with E-state index in [1.165, 1.54) is 4.90 Å². The molecule has 2 bridgehead atoms. The van der Waals surface area contributed by atoms with Crippen molar-refractivity contribution in [3.8, 4) is 5.75 Å². The molecule has 0 saturated carbocycles. The molecule has 55 heavy (non-hydrogen) atoms. The van der Waals surface area contributed by atoms with Crippen LogP contribution in [0, 0.1) is 12.8 Å². The maximum absolute atomic E-state index is 14.3. The third-order valence-electron chi connectivity index (χ3n) is 10.2. The number of aryl methyl sites for hydroxylation is 1. The Morgan fingerprint density at radius 2 is 1.73 bits per heavy atom. The molecule has 0 aliphatic carbocycles. The Morgan fingerprint density at radius 3 is 2.49 bits per heavy atom. The molecular weight excluding hydrogens is 702 g/mol. The summed E-state index contributed by atoms with van der Waals surface area (Å²) in [6.07, 6.45) is 4.42. The third-order valence-corrected chi connectivity index (χ3v) is 10.2. The molecule has 4 N–H and O–H groups in total. The van der Waals surface area contributed by atoms with E-state index in [-0.39, 0.29) is 43.7 Å². The summed E-state index contributed by atoms with van der Waals surface area (Å²) in [5.41, 5.74) is 4.11. The van der Waals surface area contributed by atoms with E-state index in [1.54, 1.807) is 29.3 Å². The molecule has 4 aromatic rings. The summed E-state index contributed by atoms with van der Waals surface area (Å²) in [7, 11) is 0. The van der Waals surface area contributed by atoms with E-state index in [1.807, 2.05) is 79.9 Å². The van der Waals surface area contributed by atoms with Crippen molar-refractivity contribution in [3.05, 3.63) is 102 Å². The van der Waals surface area contributed by atoms with Crippen molar-refractivity contribution in [3.63, 3.8) is 0 Å². The van der Waals surface area contributed by atoms with Crippen LogP contribution in [0.5, 0.6) is 5.75 Å². The van der Waals surface area contributed by atoms with Crippen molar-refractivity contribution < 1.29 is 33.8 Å². The Kier molecular flexibility index (Phi) is 12.5. The lowest BCUT2D eigenvalue weighted by Crippen LogP contribution is -2.56. The average molecular weight is 752 g/mol.